The van der Waals surface area contributed by atoms with Gasteiger partial charge in [-0.2, -0.15) is 9.91 Å². The van der Waals surface area contributed by atoms with Gasteiger partial charge in [0, 0.05) is 12.0 Å². The number of anilines is 1. The minimum absolute atomic E-state index is 0.0917. The van der Waals surface area contributed by atoms with Gasteiger partial charge in [0.25, 0.3) is 17.5 Å². The summed E-state index contributed by atoms with van der Waals surface area (Å²) in [4.78, 5) is 14.8. The largest absolute Gasteiger partial charge is 0.497 e. The maximum Gasteiger partial charge on any atom is 0.276 e. The molecule has 7 heteroatoms. The average Bonchev–Trinajstić information content (AvgIpc) is 3.22. The van der Waals surface area contributed by atoms with Crippen LogP contribution in [-0.2, 0) is 10.5 Å². The van der Waals surface area contributed by atoms with Crippen LogP contribution < -0.4 is 9.75 Å². The van der Waals surface area contributed by atoms with Crippen molar-refractivity contribution in [1.29, 1.82) is 0 Å². The van der Waals surface area contributed by atoms with E-state index >= 15 is 0 Å². The van der Waals surface area contributed by atoms with Crippen molar-refractivity contribution in [1.82, 2.24) is 4.90 Å². The van der Waals surface area contributed by atoms with Crippen molar-refractivity contribution in [3.63, 3.8) is 0 Å². The van der Waals surface area contributed by atoms with E-state index in [0.717, 1.165) is 55.1 Å². The number of amidine groups is 2. The normalized spacial score (nSPS) is 23.7. The predicted octanol–water partition coefficient (Wildman–Crippen LogP) is 2.89. The van der Waals surface area contributed by atoms with Gasteiger partial charge in [0.05, 0.1) is 19.3 Å². The number of carbonyl (C=O) groups excluding carboxylic acids is 1. The van der Waals surface area contributed by atoms with Crippen molar-refractivity contribution in [3.8, 4) is 5.75 Å². The molecule has 0 radical (unpaired) electrons. The lowest BCUT2D eigenvalue weighted by Crippen LogP contribution is -2.50. The Morgan fingerprint density at radius 3 is 2.58 bits per heavy atom. The molecule has 1 atom stereocenters. The smallest absolute Gasteiger partial charge is 0.276 e. The molecule has 1 unspecified atom stereocenters. The SMILES string of the molecule is COc1ccc(C2(O)C[N+]3=C(CCCCC3)N2C2=NN(c3ccccc3)C(=O)C2)cc1. The van der Waals surface area contributed by atoms with Gasteiger partial charge in [-0.05, 0) is 55.7 Å². The molecule has 0 aliphatic carbocycles. The Morgan fingerprint density at radius 1 is 1.06 bits per heavy atom. The van der Waals surface area contributed by atoms with Gasteiger partial charge in [-0.1, -0.05) is 18.2 Å². The zero-order valence-corrected chi connectivity index (χ0v) is 17.7. The summed E-state index contributed by atoms with van der Waals surface area (Å²) in [6.07, 6.45) is 4.33. The van der Waals surface area contributed by atoms with E-state index in [-0.39, 0.29) is 12.3 Å². The van der Waals surface area contributed by atoms with Crippen LogP contribution in [0.15, 0.2) is 59.7 Å². The molecule has 0 saturated carbocycles. The Kier molecular flexibility index (Phi) is 4.98. The van der Waals surface area contributed by atoms with E-state index in [1.54, 1.807) is 7.11 Å². The van der Waals surface area contributed by atoms with Crippen LogP contribution >= 0.6 is 0 Å². The molecule has 0 bridgehead atoms. The Labute approximate surface area is 181 Å². The number of methoxy groups -OCH3 is 1. The summed E-state index contributed by atoms with van der Waals surface area (Å²) in [5.41, 5.74) is 0.213. The second-order valence-corrected chi connectivity index (χ2v) is 8.26. The summed E-state index contributed by atoms with van der Waals surface area (Å²) in [6.45, 7) is 1.35. The van der Waals surface area contributed by atoms with E-state index in [1.807, 2.05) is 59.5 Å². The van der Waals surface area contributed by atoms with Crippen LogP contribution in [0.1, 0.15) is 37.7 Å². The molecule has 3 heterocycles. The van der Waals surface area contributed by atoms with E-state index < -0.39 is 5.72 Å². The number of hydrazone groups is 1. The van der Waals surface area contributed by atoms with Gasteiger partial charge in [-0.25, -0.2) is 0 Å². The third-order valence-electron chi connectivity index (χ3n) is 6.31. The van der Waals surface area contributed by atoms with Gasteiger partial charge in [0.1, 0.15) is 12.2 Å². The summed E-state index contributed by atoms with van der Waals surface area (Å²) in [6, 6.07) is 16.9. The van der Waals surface area contributed by atoms with Crippen LogP contribution in [0.3, 0.4) is 0 Å². The number of hydrogen-bond donors (Lipinski definition) is 1. The van der Waals surface area contributed by atoms with Gasteiger partial charge in [-0.15, -0.1) is 5.10 Å². The van der Waals surface area contributed by atoms with E-state index in [0.29, 0.717) is 12.4 Å². The first-order valence-corrected chi connectivity index (χ1v) is 10.8. The zero-order chi connectivity index (χ0) is 21.4. The van der Waals surface area contributed by atoms with Crippen LogP contribution in [0.2, 0.25) is 0 Å². The molecule has 3 aliphatic rings. The maximum atomic E-state index is 12.9. The van der Waals surface area contributed by atoms with Crippen LogP contribution in [0.25, 0.3) is 0 Å². The topological polar surface area (TPSA) is 68.4 Å². The Morgan fingerprint density at radius 2 is 1.84 bits per heavy atom. The highest BCUT2D eigenvalue weighted by molar-refractivity contribution is 6.16. The molecule has 0 aromatic heterocycles. The zero-order valence-electron chi connectivity index (χ0n) is 17.7. The maximum absolute atomic E-state index is 12.9. The molecule has 160 valence electrons. The summed E-state index contributed by atoms with van der Waals surface area (Å²) >= 11 is 0. The van der Waals surface area contributed by atoms with Crippen LogP contribution in [0, 0.1) is 0 Å². The van der Waals surface area contributed by atoms with Crippen molar-refractivity contribution in [2.24, 2.45) is 5.10 Å². The van der Waals surface area contributed by atoms with Crippen molar-refractivity contribution in [2.75, 3.05) is 25.2 Å². The minimum atomic E-state index is -1.29. The molecular formula is C24H27N4O3+. The highest BCUT2D eigenvalue weighted by Gasteiger charge is 2.57. The lowest BCUT2D eigenvalue weighted by molar-refractivity contribution is -0.534. The van der Waals surface area contributed by atoms with Gasteiger partial charge in [-0.3, -0.25) is 9.37 Å². The van der Waals surface area contributed by atoms with Gasteiger partial charge in [0.15, 0.2) is 6.54 Å². The molecule has 0 spiro atoms. The van der Waals surface area contributed by atoms with E-state index in [1.165, 1.54) is 5.01 Å². The van der Waals surface area contributed by atoms with Crippen molar-refractivity contribution in [2.45, 2.75) is 37.8 Å². The standard InChI is InChI=1S/C24H27N4O3/c1-31-20-13-11-18(12-14-20)24(30)17-26-15-7-3-6-10-22(26)27(24)21-16-23(29)28(25-21)19-8-4-2-5-9-19/h2,4-5,8-9,11-14,30H,3,6-7,10,15-17H2,1H3/q+1. The third-order valence-corrected chi connectivity index (χ3v) is 6.31. The second kappa shape index (κ2) is 7.81. The Bertz CT molecular complexity index is 1050. The number of rotatable bonds is 3. The predicted molar refractivity (Wildman–Crippen MR) is 118 cm³/mol. The third kappa shape index (κ3) is 3.39. The van der Waals surface area contributed by atoms with E-state index in [2.05, 4.69) is 4.58 Å². The first kappa shape index (κ1) is 19.8. The van der Waals surface area contributed by atoms with Crippen molar-refractivity contribution < 1.29 is 19.2 Å². The van der Waals surface area contributed by atoms with E-state index in [9.17, 15) is 9.90 Å². The number of hydrogen-bond acceptors (Lipinski definition) is 5. The van der Waals surface area contributed by atoms with Crippen LogP contribution in [0.5, 0.6) is 5.75 Å². The lowest BCUT2D eigenvalue weighted by atomic mass is 10.00. The fourth-order valence-corrected chi connectivity index (χ4v) is 4.78. The molecule has 3 aliphatic heterocycles. The quantitative estimate of drug-likeness (QED) is 0.777. The molecule has 1 N–H and O–H groups in total. The molecule has 31 heavy (non-hydrogen) atoms. The highest BCUT2D eigenvalue weighted by atomic mass is 16.5. The molecule has 0 fully saturated rings. The first-order chi connectivity index (χ1) is 15.1. The summed E-state index contributed by atoms with van der Waals surface area (Å²) in [5.74, 6) is 2.29. The van der Waals surface area contributed by atoms with Gasteiger partial charge in [0.2, 0.25) is 5.84 Å². The number of ether oxygens (including phenoxy) is 1. The second-order valence-electron chi connectivity index (χ2n) is 8.26. The molecule has 7 nitrogen and oxygen atoms in total. The monoisotopic (exact) mass is 419 g/mol. The fraction of sp³-hybridized carbons (Fsp3) is 0.375. The van der Waals surface area contributed by atoms with Crippen molar-refractivity contribution >= 4 is 23.3 Å². The number of para-hydroxylation sites is 1. The molecule has 2 aromatic carbocycles. The molecule has 2 aromatic rings. The summed E-state index contributed by atoms with van der Waals surface area (Å²) in [7, 11) is 1.63. The molecule has 5 rings (SSSR count). The number of carbonyl (C=O) groups is 1. The van der Waals surface area contributed by atoms with Crippen molar-refractivity contribution in [3.05, 3.63) is 60.2 Å². The number of nitrogens with zero attached hydrogens (tertiary/aromatic N) is 4. The average molecular weight is 420 g/mol. The Hall–Kier alpha value is -3.19. The van der Waals surface area contributed by atoms with Gasteiger partial charge < -0.3 is 9.84 Å². The fourth-order valence-electron chi connectivity index (χ4n) is 4.78. The molecular weight excluding hydrogens is 392 g/mol. The first-order valence-electron chi connectivity index (χ1n) is 10.8. The molecule has 1 amide bonds. The number of amides is 1. The number of aliphatic hydroxyl groups is 1. The minimum Gasteiger partial charge on any atom is -0.497 e. The van der Waals surface area contributed by atoms with Crippen LogP contribution in [0.4, 0.5) is 5.69 Å². The van der Waals surface area contributed by atoms with E-state index in [4.69, 9.17) is 9.84 Å². The molecule has 0 saturated heterocycles. The van der Waals surface area contributed by atoms with Gasteiger partial charge >= 0.3 is 0 Å². The summed E-state index contributed by atoms with van der Waals surface area (Å²) < 4.78 is 7.55. The number of benzene rings is 2. The lowest BCUT2D eigenvalue weighted by Gasteiger charge is -2.28. The summed E-state index contributed by atoms with van der Waals surface area (Å²) in [5, 5.41) is 18.2. The Balaban J connectivity index is 1.57. The highest BCUT2D eigenvalue weighted by Crippen LogP contribution is 2.37. The van der Waals surface area contributed by atoms with Crippen LogP contribution in [-0.4, -0.2) is 52.4 Å².